The average molecular weight is 375 g/mol. The molecule has 11 heteroatoms. The maximum Gasteiger partial charge on any atom is 0.380 e. The first-order valence-electron chi connectivity index (χ1n) is 7.24. The minimum Gasteiger partial charge on any atom is -0.375 e. The smallest absolute Gasteiger partial charge is 0.375 e. The van der Waals surface area contributed by atoms with E-state index >= 15 is 0 Å². The van der Waals surface area contributed by atoms with Gasteiger partial charge in [-0.1, -0.05) is 19.8 Å². The zero-order valence-corrected chi connectivity index (χ0v) is 13.1. The molecule has 0 atom stereocenters. The molecule has 3 nitrogen and oxygen atoms in total. The van der Waals surface area contributed by atoms with Crippen LogP contribution < -0.4 is 5.73 Å². The Balaban J connectivity index is 5.00. The molecule has 0 rings (SSSR count). The second-order valence-corrected chi connectivity index (χ2v) is 5.16. The molecule has 0 aliphatic rings. The molecule has 0 radical (unpaired) electrons. The lowest BCUT2D eigenvalue weighted by atomic mass is 9.99. The number of hydrogen-bond donors (Lipinski definition) is 1. The molecule has 0 unspecified atom stereocenters. The average Bonchev–Trinajstić information content (AvgIpc) is 2.46. The number of alkyl halides is 8. The van der Waals surface area contributed by atoms with Crippen LogP contribution in [0.15, 0.2) is 0 Å². The Morgan fingerprint density at radius 2 is 1.12 bits per heavy atom. The molecule has 0 fully saturated rings. The van der Waals surface area contributed by atoms with Crippen molar-refractivity contribution in [2.75, 3.05) is 33.0 Å². The highest BCUT2D eigenvalue weighted by atomic mass is 19.4. The summed E-state index contributed by atoms with van der Waals surface area (Å²) in [5, 5.41) is 0. The molecule has 0 spiro atoms. The Labute approximate surface area is 134 Å². The summed E-state index contributed by atoms with van der Waals surface area (Å²) in [7, 11) is 0. The van der Waals surface area contributed by atoms with Gasteiger partial charge in [0.25, 0.3) is 0 Å². The van der Waals surface area contributed by atoms with Crippen molar-refractivity contribution in [3.05, 3.63) is 0 Å². The summed E-state index contributed by atoms with van der Waals surface area (Å²) in [6.45, 7) is -3.81. The predicted octanol–water partition coefficient (Wildman–Crippen LogP) is 3.71. The van der Waals surface area contributed by atoms with E-state index in [0.717, 1.165) is 0 Å². The lowest BCUT2D eigenvalue weighted by Crippen LogP contribution is -2.64. The maximum atomic E-state index is 13.4. The number of unbranched alkanes of at least 4 members (excludes halogenated alkanes) is 2. The van der Waals surface area contributed by atoms with Crippen LogP contribution in [0.1, 0.15) is 26.2 Å². The van der Waals surface area contributed by atoms with Gasteiger partial charge in [0, 0.05) is 13.2 Å². The third kappa shape index (κ3) is 5.41. The van der Waals surface area contributed by atoms with Gasteiger partial charge in [0.2, 0.25) is 0 Å². The van der Waals surface area contributed by atoms with Crippen LogP contribution in [0.25, 0.3) is 0 Å². The van der Waals surface area contributed by atoms with Gasteiger partial charge in [-0.3, -0.25) is 0 Å². The SMILES string of the molecule is CCCCCOCC(F)(F)C(F)(F)C(F)(F)C(F)(F)COCCN. The van der Waals surface area contributed by atoms with E-state index in [1.54, 1.807) is 6.92 Å². The first-order valence-corrected chi connectivity index (χ1v) is 7.24. The monoisotopic (exact) mass is 375 g/mol. The van der Waals surface area contributed by atoms with Crippen molar-refractivity contribution in [3.63, 3.8) is 0 Å². The molecule has 0 amide bonds. The predicted molar refractivity (Wildman–Crippen MR) is 70.0 cm³/mol. The molecule has 0 saturated heterocycles. The molecule has 0 aromatic carbocycles. The molecule has 0 aromatic rings. The van der Waals surface area contributed by atoms with Crippen molar-refractivity contribution in [1.29, 1.82) is 0 Å². The topological polar surface area (TPSA) is 44.5 Å². The standard InChI is InChI=1S/C13H21F8NO2/c1-2-3-4-6-23-8-10(14,15)12(18,19)13(20,21)11(16,17)9-24-7-5-22/h2-9,22H2,1H3. The van der Waals surface area contributed by atoms with Crippen molar-refractivity contribution < 1.29 is 44.6 Å². The number of halogens is 8. The van der Waals surface area contributed by atoms with E-state index in [-0.39, 0.29) is 19.6 Å². The molecule has 0 heterocycles. The van der Waals surface area contributed by atoms with Crippen LogP contribution in [0.5, 0.6) is 0 Å². The summed E-state index contributed by atoms with van der Waals surface area (Å²) in [5.74, 6) is -23.7. The van der Waals surface area contributed by atoms with Gasteiger partial charge < -0.3 is 15.2 Å². The van der Waals surface area contributed by atoms with Gasteiger partial charge in [-0.25, -0.2) is 0 Å². The Kier molecular flexibility index (Phi) is 8.88. The summed E-state index contributed by atoms with van der Waals surface area (Å²) in [6.07, 6.45) is 1.48. The van der Waals surface area contributed by atoms with Gasteiger partial charge in [0.1, 0.15) is 13.2 Å². The highest BCUT2D eigenvalue weighted by Gasteiger charge is 2.80. The summed E-state index contributed by atoms with van der Waals surface area (Å²) >= 11 is 0. The molecule has 0 aliphatic heterocycles. The molecular formula is C13H21F8NO2. The van der Waals surface area contributed by atoms with Crippen LogP contribution in [-0.4, -0.2) is 56.7 Å². The lowest BCUT2D eigenvalue weighted by molar-refractivity contribution is -0.376. The molecule has 0 bridgehead atoms. The van der Waals surface area contributed by atoms with Crippen LogP contribution in [0.4, 0.5) is 35.1 Å². The lowest BCUT2D eigenvalue weighted by Gasteiger charge is -2.36. The molecule has 0 aromatic heterocycles. The van der Waals surface area contributed by atoms with Crippen LogP contribution in [-0.2, 0) is 9.47 Å². The number of hydrogen-bond acceptors (Lipinski definition) is 3. The summed E-state index contributed by atoms with van der Waals surface area (Å²) in [4.78, 5) is 0. The minimum atomic E-state index is -6.34. The van der Waals surface area contributed by atoms with Gasteiger partial charge in [0.05, 0.1) is 6.61 Å². The zero-order valence-electron chi connectivity index (χ0n) is 13.1. The van der Waals surface area contributed by atoms with Gasteiger partial charge in [-0.2, -0.15) is 35.1 Å². The van der Waals surface area contributed by atoms with Crippen LogP contribution >= 0.6 is 0 Å². The fourth-order valence-corrected chi connectivity index (χ4v) is 1.58. The Hall–Kier alpha value is -0.680. The van der Waals surface area contributed by atoms with E-state index < -0.39 is 43.5 Å². The third-order valence-electron chi connectivity index (χ3n) is 3.03. The minimum absolute atomic E-state index is 0.248. The molecule has 146 valence electrons. The van der Waals surface area contributed by atoms with Crippen molar-refractivity contribution in [1.82, 2.24) is 0 Å². The van der Waals surface area contributed by atoms with E-state index in [1.165, 1.54) is 0 Å². The number of rotatable bonds is 13. The molecule has 2 N–H and O–H groups in total. The normalized spacial score (nSPS) is 14.2. The molecule has 0 aliphatic carbocycles. The molecule has 0 saturated carbocycles. The van der Waals surface area contributed by atoms with Gasteiger partial charge in [0.15, 0.2) is 0 Å². The second kappa shape index (κ2) is 9.14. The fourth-order valence-electron chi connectivity index (χ4n) is 1.58. The molecule has 24 heavy (non-hydrogen) atoms. The third-order valence-corrected chi connectivity index (χ3v) is 3.03. The van der Waals surface area contributed by atoms with Crippen molar-refractivity contribution in [2.24, 2.45) is 5.73 Å². The first kappa shape index (κ1) is 23.3. The number of ether oxygens (including phenoxy) is 2. The first-order chi connectivity index (χ1) is 10.9. The maximum absolute atomic E-state index is 13.4. The Morgan fingerprint density at radius 1 is 0.708 bits per heavy atom. The van der Waals surface area contributed by atoms with E-state index in [2.05, 4.69) is 9.47 Å². The second-order valence-electron chi connectivity index (χ2n) is 5.16. The zero-order chi connectivity index (χ0) is 19.1. The van der Waals surface area contributed by atoms with Gasteiger partial charge >= 0.3 is 23.7 Å². The van der Waals surface area contributed by atoms with E-state index in [4.69, 9.17) is 5.73 Å². The summed E-state index contributed by atoms with van der Waals surface area (Å²) in [5.41, 5.74) is 4.87. The quantitative estimate of drug-likeness (QED) is 0.394. The van der Waals surface area contributed by atoms with Crippen molar-refractivity contribution >= 4 is 0 Å². The fraction of sp³-hybridized carbons (Fsp3) is 1.00. The van der Waals surface area contributed by atoms with Crippen LogP contribution in [0, 0.1) is 0 Å². The summed E-state index contributed by atoms with van der Waals surface area (Å²) < 4.78 is 115. The van der Waals surface area contributed by atoms with Crippen molar-refractivity contribution in [3.8, 4) is 0 Å². The number of nitrogens with two attached hydrogens (primary N) is 1. The highest BCUT2D eigenvalue weighted by molar-refractivity contribution is 5.03. The van der Waals surface area contributed by atoms with E-state index in [0.29, 0.717) is 12.8 Å². The Morgan fingerprint density at radius 3 is 1.50 bits per heavy atom. The molecular weight excluding hydrogens is 354 g/mol. The van der Waals surface area contributed by atoms with Crippen LogP contribution in [0.3, 0.4) is 0 Å². The summed E-state index contributed by atoms with van der Waals surface area (Å²) in [6, 6.07) is 0. The van der Waals surface area contributed by atoms with Crippen LogP contribution in [0.2, 0.25) is 0 Å². The highest BCUT2D eigenvalue weighted by Crippen LogP contribution is 2.52. The van der Waals surface area contributed by atoms with E-state index in [1.807, 2.05) is 0 Å². The van der Waals surface area contributed by atoms with Gasteiger partial charge in [-0.15, -0.1) is 0 Å². The Bertz CT molecular complexity index is 366. The van der Waals surface area contributed by atoms with E-state index in [9.17, 15) is 35.1 Å². The van der Waals surface area contributed by atoms with Crippen molar-refractivity contribution in [2.45, 2.75) is 49.9 Å². The van der Waals surface area contributed by atoms with Gasteiger partial charge in [-0.05, 0) is 6.42 Å². The largest absolute Gasteiger partial charge is 0.380 e.